The first kappa shape index (κ1) is 14.1. The largest absolute Gasteiger partial charge is 0.497 e. The Balaban J connectivity index is 2.20. The third-order valence-electron chi connectivity index (χ3n) is 2.38. The monoisotopic (exact) mass is 340 g/mol. The van der Waals surface area contributed by atoms with Gasteiger partial charge in [0.25, 0.3) is 5.91 Å². The number of methoxy groups -OCH3 is 1. The third-order valence-corrected chi connectivity index (χ3v) is 3.07. The van der Waals surface area contributed by atoms with Crippen LogP contribution in [0.2, 0.25) is 0 Å². The maximum Gasteiger partial charge on any atom is 0.374 e. The van der Waals surface area contributed by atoms with Gasteiger partial charge in [-0.15, -0.1) is 0 Å². The molecular weight excluding hydrogens is 332 g/mol. The van der Waals surface area contributed by atoms with Gasteiger partial charge in [0.1, 0.15) is 5.75 Å². The number of amides is 1. The molecule has 20 heavy (non-hydrogen) atoms. The molecule has 0 fully saturated rings. The van der Waals surface area contributed by atoms with Crippen molar-refractivity contribution in [1.29, 1.82) is 0 Å². The van der Waals surface area contributed by atoms with Crippen LogP contribution in [0.4, 0.5) is 5.69 Å². The van der Waals surface area contributed by atoms with Crippen LogP contribution in [0.25, 0.3) is 0 Å². The van der Waals surface area contributed by atoms with Gasteiger partial charge in [0.2, 0.25) is 5.76 Å². The number of nitrogens with zero attached hydrogens (tertiary/aromatic N) is 1. The van der Waals surface area contributed by atoms with E-state index in [0.717, 1.165) is 6.07 Å². The number of carboxylic acids is 1. The molecule has 0 aliphatic rings. The average molecular weight is 341 g/mol. The number of benzene rings is 1. The summed E-state index contributed by atoms with van der Waals surface area (Å²) in [7, 11) is 1.51. The van der Waals surface area contributed by atoms with Crippen molar-refractivity contribution in [2.45, 2.75) is 0 Å². The molecule has 1 heterocycles. The van der Waals surface area contributed by atoms with Crippen LogP contribution >= 0.6 is 15.9 Å². The number of carboxylic acid groups (broad SMARTS) is 1. The molecule has 0 atom stereocenters. The average Bonchev–Trinajstić information content (AvgIpc) is 2.91. The minimum Gasteiger partial charge on any atom is -0.497 e. The molecule has 104 valence electrons. The van der Waals surface area contributed by atoms with Crippen molar-refractivity contribution in [3.63, 3.8) is 0 Å². The Morgan fingerprint density at radius 2 is 2.15 bits per heavy atom. The first-order chi connectivity index (χ1) is 9.51. The number of anilines is 1. The highest BCUT2D eigenvalue weighted by atomic mass is 79.9. The fourth-order valence-electron chi connectivity index (χ4n) is 1.40. The van der Waals surface area contributed by atoms with Crippen molar-refractivity contribution >= 4 is 33.5 Å². The van der Waals surface area contributed by atoms with Crippen molar-refractivity contribution < 1.29 is 24.0 Å². The number of nitrogens with one attached hydrogen (secondary N) is 1. The van der Waals surface area contributed by atoms with Crippen LogP contribution in [-0.4, -0.2) is 29.2 Å². The number of hydrogen-bond acceptors (Lipinski definition) is 5. The number of carbonyl (C=O) groups is 2. The van der Waals surface area contributed by atoms with Gasteiger partial charge in [-0.25, -0.2) is 4.79 Å². The van der Waals surface area contributed by atoms with Crippen LogP contribution in [0, 0.1) is 0 Å². The molecule has 2 aromatic rings. The van der Waals surface area contributed by atoms with Crippen molar-refractivity contribution in [2.24, 2.45) is 0 Å². The molecule has 2 N–H and O–H groups in total. The summed E-state index contributed by atoms with van der Waals surface area (Å²) in [6.45, 7) is 0. The van der Waals surface area contributed by atoms with E-state index in [0.29, 0.717) is 15.9 Å². The van der Waals surface area contributed by atoms with Crippen LogP contribution < -0.4 is 10.1 Å². The standard InChI is InChI=1S/C12H9BrN2O5/c1-19-6-2-3-7(13)8(4-6)14-11(16)9-5-10(12(17)18)20-15-9/h2-5H,1H3,(H,14,16)(H,17,18). The Kier molecular flexibility index (Phi) is 4.04. The second-order valence-corrected chi connectivity index (χ2v) is 4.54. The van der Waals surface area contributed by atoms with Crippen LogP contribution in [-0.2, 0) is 0 Å². The molecule has 0 unspecified atom stereocenters. The quantitative estimate of drug-likeness (QED) is 0.885. The van der Waals surface area contributed by atoms with Gasteiger partial charge in [0.15, 0.2) is 5.69 Å². The fraction of sp³-hybridized carbons (Fsp3) is 0.0833. The zero-order valence-electron chi connectivity index (χ0n) is 10.2. The van der Waals surface area contributed by atoms with Crippen molar-refractivity contribution in [2.75, 3.05) is 12.4 Å². The number of aromatic carboxylic acids is 1. The normalized spacial score (nSPS) is 10.1. The Morgan fingerprint density at radius 3 is 2.75 bits per heavy atom. The molecule has 0 aliphatic carbocycles. The first-order valence-corrected chi connectivity index (χ1v) is 6.15. The summed E-state index contributed by atoms with van der Waals surface area (Å²) in [5, 5.41) is 14.7. The van der Waals surface area contributed by atoms with E-state index in [4.69, 9.17) is 9.84 Å². The van der Waals surface area contributed by atoms with Gasteiger partial charge in [-0.3, -0.25) is 4.79 Å². The Morgan fingerprint density at radius 1 is 1.40 bits per heavy atom. The van der Waals surface area contributed by atoms with E-state index >= 15 is 0 Å². The van der Waals surface area contributed by atoms with Crippen LogP contribution in [0.15, 0.2) is 33.3 Å². The summed E-state index contributed by atoms with van der Waals surface area (Å²) in [6, 6.07) is 6.09. The molecule has 1 aromatic heterocycles. The molecule has 1 aromatic carbocycles. The maximum atomic E-state index is 11.9. The summed E-state index contributed by atoms with van der Waals surface area (Å²) in [4.78, 5) is 22.6. The zero-order chi connectivity index (χ0) is 14.7. The molecule has 2 rings (SSSR count). The molecule has 0 bridgehead atoms. The van der Waals surface area contributed by atoms with Gasteiger partial charge in [0, 0.05) is 16.6 Å². The summed E-state index contributed by atoms with van der Waals surface area (Å²) < 4.78 is 10.2. The minimum absolute atomic E-state index is 0.128. The van der Waals surface area contributed by atoms with Crippen molar-refractivity contribution in [3.8, 4) is 5.75 Å². The Hall–Kier alpha value is -2.35. The number of ether oxygens (including phenoxy) is 1. The van der Waals surface area contributed by atoms with E-state index in [-0.39, 0.29) is 5.69 Å². The van der Waals surface area contributed by atoms with Gasteiger partial charge in [-0.1, -0.05) is 5.16 Å². The number of rotatable bonds is 4. The second kappa shape index (κ2) is 5.74. The van der Waals surface area contributed by atoms with Crippen LogP contribution in [0.1, 0.15) is 21.0 Å². The Labute approximate surface area is 121 Å². The lowest BCUT2D eigenvalue weighted by Gasteiger charge is -2.07. The van der Waals surface area contributed by atoms with E-state index in [1.807, 2.05) is 0 Å². The van der Waals surface area contributed by atoms with E-state index in [1.165, 1.54) is 7.11 Å². The fourth-order valence-corrected chi connectivity index (χ4v) is 1.74. The molecule has 1 amide bonds. The molecule has 0 spiro atoms. The van der Waals surface area contributed by atoms with Gasteiger partial charge in [-0.2, -0.15) is 0 Å². The van der Waals surface area contributed by atoms with E-state index in [2.05, 4.69) is 30.9 Å². The predicted octanol–water partition coefficient (Wildman–Crippen LogP) is 2.40. The highest BCUT2D eigenvalue weighted by Gasteiger charge is 2.17. The highest BCUT2D eigenvalue weighted by Crippen LogP contribution is 2.27. The molecule has 0 aliphatic heterocycles. The molecule has 0 saturated heterocycles. The Bertz CT molecular complexity index is 668. The predicted molar refractivity (Wildman–Crippen MR) is 72.1 cm³/mol. The van der Waals surface area contributed by atoms with Gasteiger partial charge >= 0.3 is 5.97 Å². The molecule has 7 nitrogen and oxygen atoms in total. The number of aromatic nitrogens is 1. The molecular formula is C12H9BrN2O5. The second-order valence-electron chi connectivity index (χ2n) is 3.68. The lowest BCUT2D eigenvalue weighted by molar-refractivity contribution is 0.0651. The zero-order valence-corrected chi connectivity index (χ0v) is 11.8. The summed E-state index contributed by atoms with van der Waals surface area (Å²) >= 11 is 3.28. The number of hydrogen-bond donors (Lipinski definition) is 2. The van der Waals surface area contributed by atoms with Crippen LogP contribution in [0.5, 0.6) is 5.75 Å². The van der Waals surface area contributed by atoms with E-state index in [9.17, 15) is 9.59 Å². The van der Waals surface area contributed by atoms with E-state index in [1.54, 1.807) is 18.2 Å². The van der Waals surface area contributed by atoms with Crippen molar-refractivity contribution in [3.05, 3.63) is 40.2 Å². The third kappa shape index (κ3) is 2.97. The topological polar surface area (TPSA) is 102 Å². The first-order valence-electron chi connectivity index (χ1n) is 5.36. The number of carbonyl (C=O) groups excluding carboxylic acids is 1. The maximum absolute atomic E-state index is 11.9. The minimum atomic E-state index is -1.29. The highest BCUT2D eigenvalue weighted by molar-refractivity contribution is 9.10. The van der Waals surface area contributed by atoms with Gasteiger partial charge < -0.3 is 19.7 Å². The number of halogens is 1. The van der Waals surface area contributed by atoms with Crippen LogP contribution in [0.3, 0.4) is 0 Å². The smallest absolute Gasteiger partial charge is 0.374 e. The van der Waals surface area contributed by atoms with Crippen molar-refractivity contribution in [1.82, 2.24) is 5.16 Å². The summed E-state index contributed by atoms with van der Waals surface area (Å²) in [6.07, 6.45) is 0. The van der Waals surface area contributed by atoms with Gasteiger partial charge in [-0.05, 0) is 28.1 Å². The van der Waals surface area contributed by atoms with Gasteiger partial charge in [0.05, 0.1) is 12.8 Å². The lowest BCUT2D eigenvalue weighted by atomic mass is 10.3. The molecule has 8 heteroatoms. The summed E-state index contributed by atoms with van der Waals surface area (Å²) in [5.74, 6) is -1.72. The van der Waals surface area contributed by atoms with E-state index < -0.39 is 17.6 Å². The lowest BCUT2D eigenvalue weighted by Crippen LogP contribution is -2.12. The molecule has 0 saturated carbocycles. The molecule has 0 radical (unpaired) electrons. The SMILES string of the molecule is COc1ccc(Br)c(NC(=O)c2cc(C(=O)O)on2)c1. The summed E-state index contributed by atoms with van der Waals surface area (Å²) in [5.41, 5.74) is 0.339.